The zero-order valence-electron chi connectivity index (χ0n) is 10.8. The van der Waals surface area contributed by atoms with E-state index in [1.165, 1.54) is 0 Å². The average Bonchev–Trinajstić information content (AvgIpc) is 2.28. The normalized spacial score (nSPS) is 10.9. The highest BCUT2D eigenvalue weighted by atomic mass is 16.5. The summed E-state index contributed by atoms with van der Waals surface area (Å²) in [5, 5.41) is 0. The lowest BCUT2D eigenvalue weighted by molar-refractivity contribution is 0.0791. The molecule has 0 fully saturated rings. The topological polar surface area (TPSA) is 70.3 Å². The Bertz CT molecular complexity index is 343. The summed E-state index contributed by atoms with van der Waals surface area (Å²) in [6, 6.07) is 0.382. The molecule has 0 bridgehead atoms. The number of nitrogens with zero attached hydrogens (tertiary/aromatic N) is 2. The predicted molar refractivity (Wildman–Crippen MR) is 65.8 cm³/mol. The van der Waals surface area contributed by atoms with Gasteiger partial charge in [-0.05, 0) is 12.8 Å². The molecule has 0 aromatic carbocycles. The Morgan fingerprint density at radius 1 is 1.35 bits per heavy atom. The fourth-order valence-electron chi connectivity index (χ4n) is 1.25. The zero-order chi connectivity index (χ0) is 12.7. The van der Waals surface area contributed by atoms with Crippen LogP contribution in [0, 0.1) is 12.8 Å². The van der Waals surface area contributed by atoms with Gasteiger partial charge in [0.1, 0.15) is 6.61 Å². The zero-order valence-corrected chi connectivity index (χ0v) is 10.8. The number of nitrogens with two attached hydrogens (primary N) is 1. The minimum Gasteiger partial charge on any atom is -0.461 e. The Morgan fingerprint density at radius 3 is 2.71 bits per heavy atom. The van der Waals surface area contributed by atoms with Gasteiger partial charge in [-0.25, -0.2) is 9.97 Å². The molecule has 17 heavy (non-hydrogen) atoms. The van der Waals surface area contributed by atoms with E-state index in [-0.39, 0.29) is 0 Å². The Morgan fingerprint density at radius 2 is 2.12 bits per heavy atom. The van der Waals surface area contributed by atoms with E-state index >= 15 is 0 Å². The Labute approximate surface area is 102 Å². The lowest BCUT2D eigenvalue weighted by Gasteiger charge is -2.08. The molecule has 0 aliphatic rings. The average molecular weight is 239 g/mol. The van der Waals surface area contributed by atoms with E-state index in [0.717, 1.165) is 17.9 Å². The van der Waals surface area contributed by atoms with Crippen LogP contribution in [0.25, 0.3) is 0 Å². The monoisotopic (exact) mass is 239 g/mol. The van der Waals surface area contributed by atoms with Crippen LogP contribution < -0.4 is 10.5 Å². The van der Waals surface area contributed by atoms with Gasteiger partial charge in [-0.1, -0.05) is 13.8 Å². The third-order valence-corrected chi connectivity index (χ3v) is 2.19. The van der Waals surface area contributed by atoms with Crippen LogP contribution in [0.15, 0.2) is 6.20 Å². The standard InChI is InChI=1S/C12H21N3O2/c1-9(2)8-16-4-5-17-12-14-7-11(6-13)10(3)15-12/h7,9H,4-6,8,13H2,1-3H3. The summed E-state index contributed by atoms with van der Waals surface area (Å²) in [6.07, 6.45) is 1.70. The summed E-state index contributed by atoms with van der Waals surface area (Å²) in [4.78, 5) is 8.28. The molecule has 1 aromatic rings. The lowest BCUT2D eigenvalue weighted by Crippen LogP contribution is -2.12. The molecule has 1 heterocycles. The summed E-state index contributed by atoms with van der Waals surface area (Å²) < 4.78 is 10.8. The first-order chi connectivity index (χ1) is 8.13. The number of hydrogen-bond acceptors (Lipinski definition) is 5. The van der Waals surface area contributed by atoms with Gasteiger partial charge in [0, 0.05) is 30.6 Å². The van der Waals surface area contributed by atoms with Crippen molar-refractivity contribution in [1.82, 2.24) is 9.97 Å². The van der Waals surface area contributed by atoms with Gasteiger partial charge in [0.15, 0.2) is 0 Å². The summed E-state index contributed by atoms with van der Waals surface area (Å²) in [5.41, 5.74) is 7.33. The summed E-state index contributed by atoms with van der Waals surface area (Å²) in [6.45, 7) is 8.33. The minimum atomic E-state index is 0.382. The van der Waals surface area contributed by atoms with E-state index in [0.29, 0.717) is 31.7 Å². The molecule has 5 nitrogen and oxygen atoms in total. The van der Waals surface area contributed by atoms with Gasteiger partial charge in [0.2, 0.25) is 0 Å². The molecular formula is C12H21N3O2. The molecule has 0 atom stereocenters. The van der Waals surface area contributed by atoms with Crippen molar-refractivity contribution in [2.45, 2.75) is 27.3 Å². The van der Waals surface area contributed by atoms with Crippen molar-refractivity contribution in [3.8, 4) is 6.01 Å². The highest BCUT2D eigenvalue weighted by Crippen LogP contribution is 2.07. The van der Waals surface area contributed by atoms with Gasteiger partial charge in [-0.2, -0.15) is 0 Å². The van der Waals surface area contributed by atoms with Crippen LogP contribution in [-0.2, 0) is 11.3 Å². The van der Waals surface area contributed by atoms with E-state index in [2.05, 4.69) is 23.8 Å². The van der Waals surface area contributed by atoms with Crippen LogP contribution in [0.2, 0.25) is 0 Å². The third-order valence-electron chi connectivity index (χ3n) is 2.19. The molecule has 0 unspecified atom stereocenters. The smallest absolute Gasteiger partial charge is 0.316 e. The van der Waals surface area contributed by atoms with Crippen LogP contribution in [0.4, 0.5) is 0 Å². The number of aromatic nitrogens is 2. The second-order valence-corrected chi connectivity index (χ2v) is 4.28. The SMILES string of the molecule is Cc1nc(OCCOCC(C)C)ncc1CN. The number of aryl methyl sites for hydroxylation is 1. The first-order valence-corrected chi connectivity index (χ1v) is 5.86. The van der Waals surface area contributed by atoms with Gasteiger partial charge < -0.3 is 15.2 Å². The first kappa shape index (κ1) is 13.9. The Hall–Kier alpha value is -1.20. The molecule has 0 aliphatic heterocycles. The second-order valence-electron chi connectivity index (χ2n) is 4.28. The molecule has 0 saturated heterocycles. The third kappa shape index (κ3) is 5.10. The van der Waals surface area contributed by atoms with Gasteiger partial charge in [0.25, 0.3) is 0 Å². The minimum absolute atomic E-state index is 0.382. The summed E-state index contributed by atoms with van der Waals surface area (Å²) >= 11 is 0. The largest absolute Gasteiger partial charge is 0.461 e. The molecular weight excluding hydrogens is 218 g/mol. The fourth-order valence-corrected chi connectivity index (χ4v) is 1.25. The molecule has 1 aromatic heterocycles. The van der Waals surface area contributed by atoms with Crippen LogP contribution in [0.3, 0.4) is 0 Å². The highest BCUT2D eigenvalue weighted by molar-refractivity contribution is 5.17. The molecule has 5 heteroatoms. The fraction of sp³-hybridized carbons (Fsp3) is 0.667. The maximum Gasteiger partial charge on any atom is 0.316 e. The molecule has 0 radical (unpaired) electrons. The van der Waals surface area contributed by atoms with Crippen molar-refractivity contribution in [3.63, 3.8) is 0 Å². The first-order valence-electron chi connectivity index (χ1n) is 5.86. The van der Waals surface area contributed by atoms with E-state index in [9.17, 15) is 0 Å². The van der Waals surface area contributed by atoms with Crippen LogP contribution in [0.1, 0.15) is 25.1 Å². The number of rotatable bonds is 7. The molecule has 2 N–H and O–H groups in total. The number of ether oxygens (including phenoxy) is 2. The predicted octanol–water partition coefficient (Wildman–Crippen LogP) is 1.30. The lowest BCUT2D eigenvalue weighted by atomic mass is 10.2. The van der Waals surface area contributed by atoms with Crippen molar-refractivity contribution in [2.24, 2.45) is 11.7 Å². The Balaban J connectivity index is 2.30. The molecule has 0 amide bonds. The maximum atomic E-state index is 5.53. The van der Waals surface area contributed by atoms with Gasteiger partial charge in [-0.3, -0.25) is 0 Å². The second kappa shape index (κ2) is 7.19. The maximum absolute atomic E-state index is 5.53. The van der Waals surface area contributed by atoms with Crippen LogP contribution in [0.5, 0.6) is 6.01 Å². The molecule has 0 spiro atoms. The number of hydrogen-bond donors (Lipinski definition) is 1. The van der Waals surface area contributed by atoms with E-state index in [4.69, 9.17) is 15.2 Å². The van der Waals surface area contributed by atoms with E-state index in [1.54, 1.807) is 6.20 Å². The van der Waals surface area contributed by atoms with Crippen LogP contribution >= 0.6 is 0 Å². The highest BCUT2D eigenvalue weighted by Gasteiger charge is 2.02. The summed E-state index contributed by atoms with van der Waals surface area (Å²) in [7, 11) is 0. The molecule has 96 valence electrons. The van der Waals surface area contributed by atoms with Crippen molar-refractivity contribution < 1.29 is 9.47 Å². The quantitative estimate of drug-likeness (QED) is 0.726. The Kier molecular flexibility index (Phi) is 5.86. The van der Waals surface area contributed by atoms with Crippen molar-refractivity contribution in [2.75, 3.05) is 19.8 Å². The molecule has 1 rings (SSSR count). The van der Waals surface area contributed by atoms with Crippen LogP contribution in [-0.4, -0.2) is 29.8 Å². The van der Waals surface area contributed by atoms with Gasteiger partial charge in [0.05, 0.1) is 6.61 Å². The molecule has 0 aliphatic carbocycles. The van der Waals surface area contributed by atoms with E-state index < -0.39 is 0 Å². The molecule has 0 saturated carbocycles. The van der Waals surface area contributed by atoms with Crippen molar-refractivity contribution >= 4 is 0 Å². The summed E-state index contributed by atoms with van der Waals surface area (Å²) in [5.74, 6) is 0.539. The van der Waals surface area contributed by atoms with Gasteiger partial charge in [-0.15, -0.1) is 0 Å². The van der Waals surface area contributed by atoms with E-state index in [1.807, 2.05) is 6.92 Å². The van der Waals surface area contributed by atoms with Gasteiger partial charge >= 0.3 is 6.01 Å². The van der Waals surface area contributed by atoms with Crippen molar-refractivity contribution in [3.05, 3.63) is 17.5 Å². The van der Waals surface area contributed by atoms with Crippen molar-refractivity contribution in [1.29, 1.82) is 0 Å².